The summed E-state index contributed by atoms with van der Waals surface area (Å²) < 4.78 is 1.44. The number of carbonyl (C=O) groups is 3. The molecule has 0 saturated carbocycles. The molecule has 1 fully saturated rings. The van der Waals surface area contributed by atoms with Gasteiger partial charge in [0.2, 0.25) is 5.91 Å². The number of rotatable bonds is 4. The number of aromatic nitrogens is 1. The van der Waals surface area contributed by atoms with Crippen molar-refractivity contribution >= 4 is 24.0 Å². The van der Waals surface area contributed by atoms with Crippen LogP contribution in [0.1, 0.15) is 34.3 Å². The molecule has 1 aromatic heterocycles. The number of nitrogens with one attached hydrogen (secondary N) is 1. The maximum absolute atomic E-state index is 13.5. The molecule has 2 aliphatic heterocycles. The number of nitrogens with zero attached hydrogens (tertiary/aromatic N) is 2. The fourth-order valence-electron chi connectivity index (χ4n) is 5.24. The molecule has 0 aliphatic carbocycles. The van der Waals surface area contributed by atoms with Crippen molar-refractivity contribution in [2.45, 2.75) is 30.7 Å². The van der Waals surface area contributed by atoms with Crippen molar-refractivity contribution in [3.05, 3.63) is 100.0 Å². The first-order chi connectivity index (χ1) is 16.9. The quantitative estimate of drug-likeness (QED) is 0.567. The van der Waals surface area contributed by atoms with Crippen molar-refractivity contribution in [1.82, 2.24) is 9.47 Å². The second kappa shape index (κ2) is 9.97. The molecule has 2 amide bonds. The summed E-state index contributed by atoms with van der Waals surface area (Å²) in [5, 5.41) is 9.93. The number of amides is 2. The van der Waals surface area contributed by atoms with Crippen molar-refractivity contribution in [2.24, 2.45) is 7.05 Å². The largest absolute Gasteiger partial charge is 0.483 e. The minimum atomic E-state index is -0.777. The molecule has 1 spiro atoms. The molecule has 180 valence electrons. The number of benzene rings is 2. The Labute approximate surface area is 202 Å². The molecule has 0 radical (unpaired) electrons. The number of carboxylic acid groups (broad SMARTS) is 1. The molecule has 1 saturated heterocycles. The summed E-state index contributed by atoms with van der Waals surface area (Å²) in [5.74, 6) is -0.245. The Hall–Kier alpha value is -4.20. The maximum Gasteiger partial charge on any atom is 0.290 e. The van der Waals surface area contributed by atoms with Gasteiger partial charge in [-0.3, -0.25) is 19.2 Å². The van der Waals surface area contributed by atoms with Crippen LogP contribution < -0.4 is 10.9 Å². The molecule has 3 heterocycles. The van der Waals surface area contributed by atoms with E-state index in [9.17, 15) is 14.4 Å². The first-order valence-electron chi connectivity index (χ1n) is 11.4. The van der Waals surface area contributed by atoms with E-state index in [1.54, 1.807) is 24.2 Å². The number of pyridine rings is 1. The molecular weight excluding hydrogens is 446 g/mol. The lowest BCUT2D eigenvalue weighted by Crippen LogP contribution is -2.49. The highest BCUT2D eigenvalue weighted by Gasteiger charge is 2.58. The number of fused-ring (bicyclic) bond motifs is 2. The van der Waals surface area contributed by atoms with E-state index in [1.807, 2.05) is 42.5 Å². The van der Waals surface area contributed by atoms with Crippen molar-refractivity contribution in [1.29, 1.82) is 0 Å². The van der Waals surface area contributed by atoms with Gasteiger partial charge >= 0.3 is 0 Å². The Morgan fingerprint density at radius 1 is 1.11 bits per heavy atom. The molecule has 0 bridgehead atoms. The van der Waals surface area contributed by atoms with E-state index >= 15 is 0 Å². The number of para-hydroxylation sites is 1. The van der Waals surface area contributed by atoms with E-state index in [0.29, 0.717) is 24.9 Å². The van der Waals surface area contributed by atoms with E-state index in [2.05, 4.69) is 17.4 Å². The predicted octanol–water partition coefficient (Wildman–Crippen LogP) is 2.82. The van der Waals surface area contributed by atoms with E-state index < -0.39 is 5.41 Å². The van der Waals surface area contributed by atoms with E-state index in [0.717, 1.165) is 17.7 Å². The third kappa shape index (κ3) is 4.35. The first kappa shape index (κ1) is 23.9. The maximum atomic E-state index is 13.5. The lowest BCUT2D eigenvalue weighted by Gasteiger charge is -2.34. The summed E-state index contributed by atoms with van der Waals surface area (Å²) in [6.45, 7) is 0.218. The molecule has 2 N–H and O–H groups in total. The van der Waals surface area contributed by atoms with E-state index in [4.69, 9.17) is 9.90 Å². The molecular formula is C27H27N3O5. The van der Waals surface area contributed by atoms with Crippen LogP contribution in [0.3, 0.4) is 0 Å². The summed E-state index contributed by atoms with van der Waals surface area (Å²) in [4.78, 5) is 49.2. The molecule has 0 unspecified atom stereocenters. The van der Waals surface area contributed by atoms with E-state index in [1.165, 1.54) is 16.2 Å². The smallest absolute Gasteiger partial charge is 0.290 e. The van der Waals surface area contributed by atoms with Crippen molar-refractivity contribution in [3.8, 4) is 0 Å². The minimum absolute atomic E-state index is 0.0453. The van der Waals surface area contributed by atoms with Crippen LogP contribution in [0.25, 0.3) is 0 Å². The number of hydrogen-bond donors (Lipinski definition) is 2. The average Bonchev–Trinajstić information content (AvgIpc) is 3.38. The fourth-order valence-corrected chi connectivity index (χ4v) is 5.24. The number of likely N-dealkylation sites (tertiary alicyclic amines) is 1. The van der Waals surface area contributed by atoms with Gasteiger partial charge in [0.1, 0.15) is 0 Å². The summed E-state index contributed by atoms with van der Waals surface area (Å²) in [7, 11) is 1.66. The highest BCUT2D eigenvalue weighted by atomic mass is 16.3. The van der Waals surface area contributed by atoms with Gasteiger partial charge in [0.15, 0.2) is 0 Å². The second-order valence-electron chi connectivity index (χ2n) is 8.73. The van der Waals surface area contributed by atoms with Crippen LogP contribution in [0.4, 0.5) is 5.69 Å². The Balaban J connectivity index is 0.000000917. The molecule has 5 rings (SSSR count). The van der Waals surface area contributed by atoms with Crippen LogP contribution in [0, 0.1) is 0 Å². The Bertz CT molecular complexity index is 1300. The summed E-state index contributed by atoms with van der Waals surface area (Å²) >= 11 is 0. The highest BCUT2D eigenvalue weighted by molar-refractivity contribution is 6.08. The van der Waals surface area contributed by atoms with Gasteiger partial charge in [0, 0.05) is 37.1 Å². The SMILES string of the molecule is Cn1ccc(C(=O)N2CC[C@@]3(C(=O)Nc4ccccc43)[C@@H]2CCc2ccccc2)cc1=O.O=CO. The van der Waals surface area contributed by atoms with Crippen molar-refractivity contribution in [3.63, 3.8) is 0 Å². The monoisotopic (exact) mass is 473 g/mol. The van der Waals surface area contributed by atoms with Crippen molar-refractivity contribution in [2.75, 3.05) is 11.9 Å². The number of carbonyl (C=O) groups excluding carboxylic acids is 2. The topological polar surface area (TPSA) is 109 Å². The zero-order valence-corrected chi connectivity index (χ0v) is 19.4. The third-order valence-corrected chi connectivity index (χ3v) is 6.91. The minimum Gasteiger partial charge on any atom is -0.483 e. The van der Waals surface area contributed by atoms with Gasteiger partial charge in [-0.1, -0.05) is 48.5 Å². The normalized spacial score (nSPS) is 20.1. The Kier molecular flexibility index (Phi) is 6.82. The summed E-state index contributed by atoms with van der Waals surface area (Å²) in [6, 6.07) is 20.6. The molecule has 8 heteroatoms. The van der Waals surface area contributed by atoms with Gasteiger partial charge in [0.05, 0.1) is 11.5 Å². The second-order valence-corrected chi connectivity index (χ2v) is 8.73. The van der Waals surface area contributed by atoms with Crippen LogP contribution >= 0.6 is 0 Å². The van der Waals surface area contributed by atoms with Gasteiger partial charge in [-0.2, -0.15) is 0 Å². The zero-order chi connectivity index (χ0) is 25.0. The first-order valence-corrected chi connectivity index (χ1v) is 11.4. The lowest BCUT2D eigenvalue weighted by molar-refractivity contribution is -0.123. The van der Waals surface area contributed by atoms with Gasteiger partial charge in [0.25, 0.3) is 17.9 Å². The van der Waals surface area contributed by atoms with Crippen molar-refractivity contribution < 1.29 is 19.5 Å². The van der Waals surface area contributed by atoms with Crippen LogP contribution in [0.15, 0.2) is 77.7 Å². The van der Waals surface area contributed by atoms with Crippen LogP contribution in [-0.4, -0.2) is 45.4 Å². The van der Waals surface area contributed by atoms with E-state index in [-0.39, 0.29) is 29.9 Å². The Morgan fingerprint density at radius 3 is 2.51 bits per heavy atom. The fraction of sp³-hybridized carbons (Fsp3) is 0.259. The van der Waals surface area contributed by atoms with Crippen LogP contribution in [0.2, 0.25) is 0 Å². The molecule has 8 nitrogen and oxygen atoms in total. The molecule has 35 heavy (non-hydrogen) atoms. The Morgan fingerprint density at radius 2 is 1.80 bits per heavy atom. The summed E-state index contributed by atoms with van der Waals surface area (Å²) in [5.41, 5.74) is 2.31. The van der Waals surface area contributed by atoms with Crippen LogP contribution in [0.5, 0.6) is 0 Å². The number of aryl methyl sites for hydroxylation is 2. The molecule has 3 aromatic rings. The standard InChI is InChI=1S/C26H25N3O3.CH2O2/c1-28-15-13-19(17-23(28)30)24(31)29-16-14-26(20-9-5-6-10-21(20)27-25(26)32)22(29)12-11-18-7-3-2-4-8-18;2-1-3/h2-10,13,15,17,22H,11-12,14,16H2,1H3,(H,27,32);1H,(H,2,3)/t22-,26-;/m0./s1. The van der Waals surface area contributed by atoms with Crippen LogP contribution in [-0.2, 0) is 28.5 Å². The number of anilines is 1. The molecule has 2 atom stereocenters. The molecule has 2 aliphatic rings. The lowest BCUT2D eigenvalue weighted by atomic mass is 9.73. The van der Waals surface area contributed by atoms with Gasteiger partial charge < -0.3 is 19.9 Å². The predicted molar refractivity (Wildman–Crippen MR) is 131 cm³/mol. The van der Waals surface area contributed by atoms with Gasteiger partial charge in [-0.25, -0.2) is 0 Å². The van der Waals surface area contributed by atoms with Gasteiger partial charge in [-0.05, 0) is 42.5 Å². The average molecular weight is 474 g/mol. The highest BCUT2D eigenvalue weighted by Crippen LogP contribution is 2.49. The van der Waals surface area contributed by atoms with Gasteiger partial charge in [-0.15, -0.1) is 0 Å². The zero-order valence-electron chi connectivity index (χ0n) is 19.4. The molecule has 2 aromatic carbocycles. The number of hydrogen-bond acceptors (Lipinski definition) is 4. The summed E-state index contributed by atoms with van der Waals surface area (Å²) in [6.07, 6.45) is 3.58. The third-order valence-electron chi connectivity index (χ3n) is 6.91.